The number of rotatable bonds is 7. The third-order valence-corrected chi connectivity index (χ3v) is 11.4. The standard InChI is InChI=1S/C47H43NO5/c1-46(2)41-28-30(36-8-6-7-9-42(36)51-5)10-20-38(41)43-40-29-35(50-4)19-21-37(40)45-39(44(43)46)22-23-47(53-45,32-13-17-34(49-3)18-14-32)31-11-15-33(16-12-31)48-24-26-52-27-25-48/h6-23,28-29H,24-27H2,1-5H3. The second-order valence-electron chi connectivity index (χ2n) is 14.5. The van der Waals surface area contributed by atoms with E-state index in [4.69, 9.17) is 23.7 Å². The number of ether oxygens (including phenoxy) is 5. The topological polar surface area (TPSA) is 49.4 Å². The first-order chi connectivity index (χ1) is 25.9. The molecule has 0 spiro atoms. The van der Waals surface area contributed by atoms with Crippen LogP contribution in [-0.4, -0.2) is 47.6 Å². The summed E-state index contributed by atoms with van der Waals surface area (Å²) in [5.41, 5.74) is 10.3. The van der Waals surface area contributed by atoms with Crippen molar-refractivity contribution in [2.45, 2.75) is 24.9 Å². The van der Waals surface area contributed by atoms with Gasteiger partial charge in [0, 0.05) is 51.8 Å². The average Bonchev–Trinajstić information content (AvgIpc) is 3.46. The van der Waals surface area contributed by atoms with Gasteiger partial charge < -0.3 is 28.6 Å². The number of para-hydroxylation sites is 1. The van der Waals surface area contributed by atoms with Crippen LogP contribution in [0.15, 0.2) is 115 Å². The Morgan fingerprint density at radius 1 is 0.660 bits per heavy atom. The predicted molar refractivity (Wildman–Crippen MR) is 213 cm³/mol. The molecule has 2 aliphatic heterocycles. The zero-order valence-corrected chi connectivity index (χ0v) is 30.9. The molecule has 53 heavy (non-hydrogen) atoms. The van der Waals surface area contributed by atoms with Gasteiger partial charge >= 0.3 is 0 Å². The summed E-state index contributed by atoms with van der Waals surface area (Å²) in [4.78, 5) is 2.38. The van der Waals surface area contributed by atoms with Crippen LogP contribution in [0.4, 0.5) is 5.69 Å². The van der Waals surface area contributed by atoms with Crippen molar-refractivity contribution in [3.8, 4) is 45.3 Å². The molecule has 0 aromatic heterocycles. The Morgan fingerprint density at radius 3 is 2.08 bits per heavy atom. The van der Waals surface area contributed by atoms with E-state index in [1.807, 2.05) is 30.3 Å². The average molecular weight is 702 g/mol. The molecule has 6 heteroatoms. The molecule has 0 amide bonds. The summed E-state index contributed by atoms with van der Waals surface area (Å²) in [6.45, 7) is 7.91. The van der Waals surface area contributed by atoms with Gasteiger partial charge in [0.05, 0.1) is 34.5 Å². The maximum atomic E-state index is 7.56. The Hall–Kier alpha value is -5.72. The van der Waals surface area contributed by atoms with Crippen molar-refractivity contribution in [2.24, 2.45) is 0 Å². The number of hydrogen-bond acceptors (Lipinski definition) is 6. The largest absolute Gasteiger partial charge is 0.497 e. The summed E-state index contributed by atoms with van der Waals surface area (Å²) in [6, 6.07) is 38.5. The second-order valence-corrected chi connectivity index (χ2v) is 14.5. The van der Waals surface area contributed by atoms with Gasteiger partial charge in [0.1, 0.15) is 23.0 Å². The van der Waals surface area contributed by atoms with Crippen molar-refractivity contribution in [2.75, 3.05) is 52.5 Å². The molecule has 0 bridgehead atoms. The lowest BCUT2D eigenvalue weighted by atomic mass is 9.76. The minimum atomic E-state index is -0.892. The highest BCUT2D eigenvalue weighted by Crippen LogP contribution is 2.59. The molecule has 1 aliphatic carbocycles. The minimum Gasteiger partial charge on any atom is -0.497 e. The van der Waals surface area contributed by atoms with Gasteiger partial charge in [0.2, 0.25) is 0 Å². The molecule has 6 aromatic carbocycles. The molecule has 0 radical (unpaired) electrons. The van der Waals surface area contributed by atoms with E-state index in [1.54, 1.807) is 21.3 Å². The van der Waals surface area contributed by atoms with Crippen molar-refractivity contribution >= 4 is 22.5 Å². The van der Waals surface area contributed by atoms with Gasteiger partial charge in [0.25, 0.3) is 0 Å². The SMILES string of the molecule is COc1ccc(C2(c3ccc(N4CCOCC4)cc3)C=Cc3c4c(c5cc(OC)ccc5c3O2)-c2ccc(-c3ccccc3OC)cc2C4(C)C)cc1. The molecule has 266 valence electrons. The predicted octanol–water partition coefficient (Wildman–Crippen LogP) is 10.0. The van der Waals surface area contributed by atoms with Crippen LogP contribution in [0.2, 0.25) is 0 Å². The van der Waals surface area contributed by atoms with Gasteiger partial charge in [-0.2, -0.15) is 0 Å². The molecule has 6 aromatic rings. The van der Waals surface area contributed by atoms with Gasteiger partial charge in [-0.1, -0.05) is 74.5 Å². The number of benzene rings is 6. The summed E-state index contributed by atoms with van der Waals surface area (Å²) >= 11 is 0. The molecule has 1 unspecified atom stereocenters. The first-order valence-corrected chi connectivity index (χ1v) is 18.3. The third kappa shape index (κ3) is 5.19. The number of anilines is 1. The Bertz CT molecular complexity index is 2390. The Labute approximate surface area is 311 Å². The van der Waals surface area contributed by atoms with Gasteiger partial charge in [-0.15, -0.1) is 0 Å². The van der Waals surface area contributed by atoms with Crippen molar-refractivity contribution < 1.29 is 23.7 Å². The quantitative estimate of drug-likeness (QED) is 0.165. The lowest BCUT2D eigenvalue weighted by Crippen LogP contribution is -2.37. The molecule has 0 saturated carbocycles. The molecule has 1 atom stereocenters. The van der Waals surface area contributed by atoms with E-state index in [-0.39, 0.29) is 5.41 Å². The molecule has 3 aliphatic rings. The van der Waals surface area contributed by atoms with Crippen LogP contribution < -0.4 is 23.8 Å². The summed E-state index contributed by atoms with van der Waals surface area (Å²) < 4.78 is 30.4. The maximum Gasteiger partial charge on any atom is 0.178 e. The molecule has 0 N–H and O–H groups in total. The number of nitrogens with zero attached hydrogens (tertiary/aromatic N) is 1. The van der Waals surface area contributed by atoms with Crippen LogP contribution in [0, 0.1) is 0 Å². The molecule has 9 rings (SSSR count). The summed E-state index contributed by atoms with van der Waals surface area (Å²) in [6.07, 6.45) is 4.55. The van der Waals surface area contributed by atoms with Crippen LogP contribution in [0.5, 0.6) is 23.0 Å². The number of hydrogen-bond donors (Lipinski definition) is 0. The van der Waals surface area contributed by atoms with Crippen LogP contribution in [-0.2, 0) is 15.8 Å². The first-order valence-electron chi connectivity index (χ1n) is 18.3. The van der Waals surface area contributed by atoms with Gasteiger partial charge in [-0.05, 0) is 93.9 Å². The van der Waals surface area contributed by atoms with E-state index < -0.39 is 5.60 Å². The van der Waals surface area contributed by atoms with Crippen molar-refractivity contribution in [1.82, 2.24) is 0 Å². The fourth-order valence-electron chi connectivity index (χ4n) is 8.70. The fourth-order valence-corrected chi connectivity index (χ4v) is 8.70. The first kappa shape index (κ1) is 33.1. The number of methoxy groups -OCH3 is 3. The lowest BCUT2D eigenvalue weighted by Gasteiger charge is -2.39. The van der Waals surface area contributed by atoms with E-state index in [0.29, 0.717) is 0 Å². The zero-order valence-electron chi connectivity index (χ0n) is 30.9. The van der Waals surface area contributed by atoms with Crippen LogP contribution in [0.25, 0.3) is 39.1 Å². The Kier molecular flexibility index (Phi) is 7.97. The number of morpholine rings is 1. The molecular formula is C47H43NO5. The van der Waals surface area contributed by atoms with E-state index in [0.717, 1.165) is 87.9 Å². The molecule has 6 nitrogen and oxygen atoms in total. The maximum absolute atomic E-state index is 7.56. The minimum absolute atomic E-state index is 0.336. The highest BCUT2D eigenvalue weighted by atomic mass is 16.5. The Balaban J connectivity index is 1.25. The molecular weight excluding hydrogens is 659 g/mol. The highest BCUT2D eigenvalue weighted by molar-refractivity contribution is 6.09. The van der Waals surface area contributed by atoms with Crippen LogP contribution in [0.1, 0.15) is 41.7 Å². The third-order valence-electron chi connectivity index (χ3n) is 11.4. The smallest absolute Gasteiger partial charge is 0.178 e. The molecule has 2 heterocycles. The second kappa shape index (κ2) is 12.7. The van der Waals surface area contributed by atoms with E-state index >= 15 is 0 Å². The van der Waals surface area contributed by atoms with Crippen molar-refractivity contribution in [3.63, 3.8) is 0 Å². The summed E-state index contributed by atoms with van der Waals surface area (Å²) in [5.74, 6) is 3.33. The monoisotopic (exact) mass is 701 g/mol. The molecule has 1 saturated heterocycles. The van der Waals surface area contributed by atoms with Crippen LogP contribution >= 0.6 is 0 Å². The van der Waals surface area contributed by atoms with Crippen molar-refractivity contribution in [3.05, 3.63) is 143 Å². The van der Waals surface area contributed by atoms with E-state index in [1.165, 1.54) is 27.9 Å². The summed E-state index contributed by atoms with van der Waals surface area (Å²) in [5, 5.41) is 2.15. The lowest BCUT2D eigenvalue weighted by molar-refractivity contribution is 0.122. The van der Waals surface area contributed by atoms with Gasteiger partial charge in [0.15, 0.2) is 5.60 Å². The van der Waals surface area contributed by atoms with Gasteiger partial charge in [-0.25, -0.2) is 0 Å². The summed E-state index contributed by atoms with van der Waals surface area (Å²) in [7, 11) is 5.16. The Morgan fingerprint density at radius 2 is 1.36 bits per heavy atom. The van der Waals surface area contributed by atoms with Crippen molar-refractivity contribution in [1.29, 1.82) is 0 Å². The molecule has 1 fully saturated rings. The highest BCUT2D eigenvalue weighted by Gasteiger charge is 2.44. The van der Waals surface area contributed by atoms with E-state index in [2.05, 4.69) is 110 Å². The zero-order chi connectivity index (χ0) is 36.3. The fraction of sp³-hybridized carbons (Fsp3) is 0.234. The number of fused-ring (bicyclic) bond motifs is 8. The normalized spacial score (nSPS) is 18.2. The van der Waals surface area contributed by atoms with Gasteiger partial charge in [-0.3, -0.25) is 0 Å². The van der Waals surface area contributed by atoms with Crippen LogP contribution in [0.3, 0.4) is 0 Å². The van der Waals surface area contributed by atoms with E-state index in [9.17, 15) is 0 Å².